The molecule has 0 atom stereocenters. The Morgan fingerprint density at radius 1 is 0.889 bits per heavy atom. The van der Waals surface area contributed by atoms with E-state index in [1.54, 1.807) is 0 Å². The molecule has 0 fully saturated rings. The normalized spacial score (nSPS) is 10.7. The lowest BCUT2D eigenvalue weighted by Gasteiger charge is -2.08. The molecule has 0 amide bonds. The minimum absolute atomic E-state index is 0.460. The predicted molar refractivity (Wildman–Crippen MR) is 75.1 cm³/mol. The molecule has 3 aromatic rings. The van der Waals surface area contributed by atoms with Crippen molar-refractivity contribution in [1.82, 2.24) is 4.98 Å². The molecule has 0 saturated carbocycles. The number of aromatic nitrogens is 1. The molecule has 0 aliphatic rings. The Hall–Kier alpha value is -2.19. The third kappa shape index (κ3) is 1.87. The lowest BCUT2D eigenvalue weighted by molar-refractivity contribution is 1.01. The molecule has 0 aliphatic carbocycles. The predicted octanol–water partition coefficient (Wildman–Crippen LogP) is 3.36. The molecule has 0 spiro atoms. The number of pyridine rings is 1. The van der Waals surface area contributed by atoms with Crippen LogP contribution in [0.4, 0.5) is 0 Å². The van der Waals surface area contributed by atoms with Crippen molar-refractivity contribution in [2.75, 3.05) is 0 Å². The van der Waals surface area contributed by atoms with Gasteiger partial charge >= 0.3 is 0 Å². The fourth-order valence-electron chi connectivity index (χ4n) is 2.18. The first kappa shape index (κ1) is 10.9. The Morgan fingerprint density at radius 3 is 2.39 bits per heavy atom. The van der Waals surface area contributed by atoms with Gasteiger partial charge in [0, 0.05) is 17.5 Å². The van der Waals surface area contributed by atoms with Crippen LogP contribution in [0.3, 0.4) is 0 Å². The molecule has 0 unspecified atom stereocenters. The number of nitrogens with zero attached hydrogens (tertiary/aromatic N) is 1. The van der Waals surface area contributed by atoms with E-state index in [1.807, 2.05) is 30.3 Å². The standard InChI is InChI=1S/C16H14N2/c17-11-16-14-9-5-4-8-13(14)10-15(18-16)12-6-2-1-3-7-12/h1-10H,11,17H2. The van der Waals surface area contributed by atoms with Crippen LogP contribution < -0.4 is 5.73 Å². The van der Waals surface area contributed by atoms with E-state index in [1.165, 1.54) is 5.39 Å². The van der Waals surface area contributed by atoms with Crippen molar-refractivity contribution in [3.05, 3.63) is 66.4 Å². The first-order valence-corrected chi connectivity index (χ1v) is 6.02. The van der Waals surface area contributed by atoms with E-state index in [9.17, 15) is 0 Å². The van der Waals surface area contributed by atoms with Crippen LogP contribution in [0.5, 0.6) is 0 Å². The van der Waals surface area contributed by atoms with Crippen molar-refractivity contribution in [1.29, 1.82) is 0 Å². The Balaban J connectivity index is 2.26. The Morgan fingerprint density at radius 2 is 1.61 bits per heavy atom. The van der Waals surface area contributed by atoms with Crippen LogP contribution >= 0.6 is 0 Å². The zero-order chi connectivity index (χ0) is 12.4. The monoisotopic (exact) mass is 234 g/mol. The van der Waals surface area contributed by atoms with Gasteiger partial charge < -0.3 is 5.73 Å². The van der Waals surface area contributed by atoms with Crippen LogP contribution in [0.2, 0.25) is 0 Å². The number of hydrogen-bond acceptors (Lipinski definition) is 2. The van der Waals surface area contributed by atoms with Gasteiger partial charge in [-0.2, -0.15) is 0 Å². The van der Waals surface area contributed by atoms with Gasteiger partial charge in [0.05, 0.1) is 11.4 Å². The van der Waals surface area contributed by atoms with Gasteiger partial charge in [-0.25, -0.2) is 0 Å². The van der Waals surface area contributed by atoms with E-state index in [0.29, 0.717) is 6.54 Å². The Bertz CT molecular complexity index is 675. The van der Waals surface area contributed by atoms with Crippen molar-refractivity contribution >= 4 is 10.8 Å². The van der Waals surface area contributed by atoms with Crippen molar-refractivity contribution in [3.8, 4) is 11.3 Å². The summed E-state index contributed by atoms with van der Waals surface area (Å²) in [5, 5.41) is 2.33. The third-order valence-corrected chi connectivity index (χ3v) is 3.08. The van der Waals surface area contributed by atoms with E-state index in [2.05, 4.69) is 35.3 Å². The minimum atomic E-state index is 0.460. The molecule has 3 rings (SSSR count). The summed E-state index contributed by atoms with van der Waals surface area (Å²) in [4.78, 5) is 4.66. The average Bonchev–Trinajstić information content (AvgIpc) is 2.47. The van der Waals surface area contributed by atoms with Crippen LogP contribution in [0.1, 0.15) is 5.69 Å². The van der Waals surface area contributed by atoms with Crippen molar-refractivity contribution < 1.29 is 0 Å². The maximum atomic E-state index is 5.80. The average molecular weight is 234 g/mol. The van der Waals surface area contributed by atoms with E-state index >= 15 is 0 Å². The summed E-state index contributed by atoms with van der Waals surface area (Å²) in [5.74, 6) is 0. The number of nitrogens with two attached hydrogens (primary N) is 1. The minimum Gasteiger partial charge on any atom is -0.325 e. The van der Waals surface area contributed by atoms with Gasteiger partial charge in [-0.05, 0) is 11.5 Å². The molecule has 0 bridgehead atoms. The summed E-state index contributed by atoms with van der Waals surface area (Å²) in [6.07, 6.45) is 0. The number of hydrogen-bond donors (Lipinski definition) is 1. The molecule has 0 aliphatic heterocycles. The van der Waals surface area contributed by atoms with Gasteiger partial charge in [0.25, 0.3) is 0 Å². The molecular formula is C16H14N2. The SMILES string of the molecule is NCc1nc(-c2ccccc2)cc2ccccc12. The largest absolute Gasteiger partial charge is 0.325 e. The van der Waals surface area contributed by atoms with Crippen LogP contribution in [0.25, 0.3) is 22.0 Å². The van der Waals surface area contributed by atoms with Crippen molar-refractivity contribution in [3.63, 3.8) is 0 Å². The molecule has 18 heavy (non-hydrogen) atoms. The maximum Gasteiger partial charge on any atom is 0.0712 e. The fraction of sp³-hybridized carbons (Fsp3) is 0.0625. The van der Waals surface area contributed by atoms with E-state index in [4.69, 9.17) is 5.73 Å². The van der Waals surface area contributed by atoms with Crippen molar-refractivity contribution in [2.45, 2.75) is 6.54 Å². The second-order valence-electron chi connectivity index (χ2n) is 4.25. The highest BCUT2D eigenvalue weighted by molar-refractivity contribution is 5.87. The molecule has 2 N–H and O–H groups in total. The number of benzene rings is 2. The van der Waals surface area contributed by atoms with Gasteiger partial charge in [-0.3, -0.25) is 4.98 Å². The number of rotatable bonds is 2. The first-order chi connectivity index (χ1) is 8.88. The van der Waals surface area contributed by atoms with Gasteiger partial charge in [0.2, 0.25) is 0 Å². The van der Waals surface area contributed by atoms with E-state index < -0.39 is 0 Å². The molecular weight excluding hydrogens is 220 g/mol. The van der Waals surface area contributed by atoms with Crippen LogP contribution in [0.15, 0.2) is 60.7 Å². The molecule has 2 nitrogen and oxygen atoms in total. The zero-order valence-electron chi connectivity index (χ0n) is 10.0. The lowest BCUT2D eigenvalue weighted by Crippen LogP contribution is -2.01. The molecule has 1 aromatic heterocycles. The summed E-state index contributed by atoms with van der Waals surface area (Å²) in [5.41, 5.74) is 8.86. The number of fused-ring (bicyclic) bond motifs is 1. The highest BCUT2D eigenvalue weighted by atomic mass is 14.8. The summed E-state index contributed by atoms with van der Waals surface area (Å²) < 4.78 is 0. The maximum absolute atomic E-state index is 5.80. The molecule has 0 saturated heterocycles. The van der Waals surface area contributed by atoms with Gasteiger partial charge in [0.15, 0.2) is 0 Å². The van der Waals surface area contributed by atoms with Gasteiger partial charge in [-0.1, -0.05) is 54.6 Å². The van der Waals surface area contributed by atoms with Crippen molar-refractivity contribution in [2.24, 2.45) is 5.73 Å². The second kappa shape index (κ2) is 4.59. The molecule has 0 radical (unpaired) electrons. The first-order valence-electron chi connectivity index (χ1n) is 6.02. The smallest absolute Gasteiger partial charge is 0.0712 e. The van der Waals surface area contributed by atoms with E-state index in [-0.39, 0.29) is 0 Å². The van der Waals surface area contributed by atoms with E-state index in [0.717, 1.165) is 22.3 Å². The fourth-order valence-corrected chi connectivity index (χ4v) is 2.18. The second-order valence-corrected chi connectivity index (χ2v) is 4.25. The molecule has 1 heterocycles. The van der Waals surface area contributed by atoms with Crippen LogP contribution in [-0.4, -0.2) is 4.98 Å². The highest BCUT2D eigenvalue weighted by Crippen LogP contribution is 2.24. The summed E-state index contributed by atoms with van der Waals surface area (Å²) >= 11 is 0. The zero-order valence-corrected chi connectivity index (χ0v) is 10.0. The third-order valence-electron chi connectivity index (χ3n) is 3.08. The molecule has 2 heteroatoms. The van der Waals surface area contributed by atoms with Gasteiger partial charge in [0.1, 0.15) is 0 Å². The molecule has 2 aromatic carbocycles. The van der Waals surface area contributed by atoms with Gasteiger partial charge in [-0.15, -0.1) is 0 Å². The summed E-state index contributed by atoms with van der Waals surface area (Å²) in [6, 6.07) is 20.5. The quantitative estimate of drug-likeness (QED) is 0.738. The topological polar surface area (TPSA) is 38.9 Å². The van der Waals surface area contributed by atoms with Crippen LogP contribution in [-0.2, 0) is 6.54 Å². The van der Waals surface area contributed by atoms with Crippen LogP contribution in [0, 0.1) is 0 Å². The highest BCUT2D eigenvalue weighted by Gasteiger charge is 2.05. The Labute approximate surface area is 106 Å². The molecule has 88 valence electrons. The Kier molecular flexibility index (Phi) is 2.79. The summed E-state index contributed by atoms with van der Waals surface area (Å²) in [7, 11) is 0. The summed E-state index contributed by atoms with van der Waals surface area (Å²) in [6.45, 7) is 0.460. The lowest BCUT2D eigenvalue weighted by atomic mass is 10.0.